The predicted molar refractivity (Wildman–Crippen MR) is 134 cm³/mol. The summed E-state index contributed by atoms with van der Waals surface area (Å²) in [4.78, 5) is 8.28. The quantitative estimate of drug-likeness (QED) is 0.457. The van der Waals surface area contributed by atoms with Crippen LogP contribution in [0.25, 0.3) is 0 Å². The van der Waals surface area contributed by atoms with Gasteiger partial charge < -0.3 is 9.47 Å². The van der Waals surface area contributed by atoms with Gasteiger partial charge in [-0.15, -0.1) is 0 Å². The highest BCUT2D eigenvalue weighted by Gasteiger charge is 2.47. The molecule has 12 heteroatoms. The third kappa shape index (κ3) is 5.33. The van der Waals surface area contributed by atoms with Crippen LogP contribution in [0.2, 0.25) is 0 Å². The van der Waals surface area contributed by atoms with Crippen molar-refractivity contribution in [3.8, 4) is 17.5 Å². The maximum absolute atomic E-state index is 14.7. The number of hydrogen-bond acceptors (Lipinski definition) is 8. The molecule has 0 radical (unpaired) electrons. The molecule has 9 nitrogen and oxygen atoms in total. The molecule has 0 spiro atoms. The van der Waals surface area contributed by atoms with E-state index in [-0.39, 0.29) is 46.4 Å². The summed E-state index contributed by atoms with van der Waals surface area (Å²) in [5.74, 6) is -0.355. The number of piperidine rings is 1. The molecule has 0 N–H and O–H groups in total. The molecule has 2 aliphatic heterocycles. The van der Waals surface area contributed by atoms with Gasteiger partial charge in [-0.25, -0.2) is 31.2 Å². The predicted octanol–water partition coefficient (Wildman–Crippen LogP) is 4.01. The highest BCUT2D eigenvalue weighted by Crippen LogP contribution is 2.41. The maximum Gasteiger partial charge on any atom is 0.229 e. The van der Waals surface area contributed by atoms with Gasteiger partial charge in [-0.05, 0) is 56.7 Å². The minimum atomic E-state index is -3.51. The van der Waals surface area contributed by atoms with Gasteiger partial charge in [-0.3, -0.25) is 0 Å². The molecule has 202 valence electrons. The molecule has 2 aromatic rings. The van der Waals surface area contributed by atoms with Gasteiger partial charge in [0, 0.05) is 24.9 Å². The van der Waals surface area contributed by atoms with E-state index in [2.05, 4.69) is 9.97 Å². The Morgan fingerprint density at radius 2 is 1.68 bits per heavy atom. The largest absolute Gasteiger partial charge is 0.474 e. The fourth-order valence-electron chi connectivity index (χ4n) is 5.36. The molecule has 3 heterocycles. The molecular weight excluding hydrogens is 521 g/mol. The average molecular weight is 554 g/mol. The molecule has 1 unspecified atom stereocenters. The van der Waals surface area contributed by atoms with Gasteiger partial charge in [0.05, 0.1) is 21.5 Å². The van der Waals surface area contributed by atoms with Gasteiger partial charge in [0.25, 0.3) is 0 Å². The Balaban J connectivity index is 1.29. The summed E-state index contributed by atoms with van der Waals surface area (Å²) in [6.45, 7) is 5.51. The molecular formula is C25H32FN3O6S2. The van der Waals surface area contributed by atoms with E-state index >= 15 is 0 Å². The highest BCUT2D eigenvalue weighted by molar-refractivity contribution is 7.92. The number of hydrogen-bond donors (Lipinski definition) is 0. The number of nitrogens with zero attached hydrogens (tertiary/aromatic N) is 3. The second kappa shape index (κ2) is 9.77. The zero-order valence-corrected chi connectivity index (χ0v) is 22.8. The number of rotatable bonds is 9. The molecule has 1 aliphatic carbocycles. The average Bonchev–Trinajstić information content (AvgIpc) is 3.62. The van der Waals surface area contributed by atoms with Gasteiger partial charge in [-0.2, -0.15) is 4.31 Å². The molecule has 2 bridgehead atoms. The van der Waals surface area contributed by atoms with Gasteiger partial charge in [0.1, 0.15) is 12.4 Å². The summed E-state index contributed by atoms with van der Waals surface area (Å²) in [5.41, 5.74) is 0.471. The minimum Gasteiger partial charge on any atom is -0.474 e. The molecule has 2 saturated heterocycles. The van der Waals surface area contributed by atoms with Crippen LogP contribution in [0, 0.1) is 18.7 Å². The third-order valence-corrected chi connectivity index (χ3v) is 11.7. The topological polar surface area (TPSA) is 116 Å². The Hall–Kier alpha value is -2.31. The molecule has 5 rings (SSSR count). The van der Waals surface area contributed by atoms with E-state index in [9.17, 15) is 21.2 Å². The van der Waals surface area contributed by atoms with Crippen molar-refractivity contribution in [2.45, 2.75) is 87.6 Å². The number of sulfone groups is 1. The van der Waals surface area contributed by atoms with Gasteiger partial charge in [0.15, 0.2) is 21.4 Å². The summed E-state index contributed by atoms with van der Waals surface area (Å²) in [6.07, 6.45) is 5.00. The van der Waals surface area contributed by atoms with Crippen LogP contribution >= 0.6 is 0 Å². The Morgan fingerprint density at radius 3 is 2.27 bits per heavy atom. The van der Waals surface area contributed by atoms with Crippen molar-refractivity contribution in [3.05, 3.63) is 35.9 Å². The van der Waals surface area contributed by atoms with Crippen molar-refractivity contribution in [1.29, 1.82) is 0 Å². The van der Waals surface area contributed by atoms with Crippen molar-refractivity contribution in [1.82, 2.24) is 14.3 Å². The zero-order chi connectivity index (χ0) is 26.5. The zero-order valence-electron chi connectivity index (χ0n) is 21.1. The van der Waals surface area contributed by atoms with E-state index < -0.39 is 30.9 Å². The Morgan fingerprint density at radius 1 is 1.03 bits per heavy atom. The Bertz CT molecular complexity index is 1380. The van der Waals surface area contributed by atoms with Gasteiger partial charge >= 0.3 is 0 Å². The van der Waals surface area contributed by atoms with Crippen LogP contribution in [0.1, 0.15) is 57.9 Å². The first kappa shape index (κ1) is 26.3. The first-order chi connectivity index (χ1) is 17.5. The lowest BCUT2D eigenvalue weighted by atomic mass is 10.0. The van der Waals surface area contributed by atoms with Crippen molar-refractivity contribution in [3.63, 3.8) is 0 Å². The first-order valence-corrected chi connectivity index (χ1v) is 15.8. The second-order valence-electron chi connectivity index (χ2n) is 10.6. The molecule has 37 heavy (non-hydrogen) atoms. The van der Waals surface area contributed by atoms with Crippen molar-refractivity contribution < 1.29 is 30.7 Å². The Labute approximate surface area is 217 Å². The van der Waals surface area contributed by atoms with Crippen LogP contribution in [0.4, 0.5) is 4.39 Å². The number of fused-ring (bicyclic) bond motifs is 2. The van der Waals surface area contributed by atoms with Gasteiger partial charge in [-0.1, -0.05) is 13.8 Å². The molecule has 1 aromatic carbocycles. The van der Waals surface area contributed by atoms with E-state index in [1.165, 1.54) is 18.5 Å². The third-order valence-electron chi connectivity index (χ3n) is 7.16. The van der Waals surface area contributed by atoms with Crippen LogP contribution in [-0.2, 0) is 19.9 Å². The number of halogens is 1. The fraction of sp³-hybridized carbons (Fsp3) is 0.600. The van der Waals surface area contributed by atoms with E-state index in [1.807, 2.05) is 13.8 Å². The molecule has 1 saturated carbocycles. The van der Waals surface area contributed by atoms with Crippen molar-refractivity contribution in [2.24, 2.45) is 5.92 Å². The number of ether oxygens (including phenoxy) is 2. The summed E-state index contributed by atoms with van der Waals surface area (Å²) < 4.78 is 78.9. The lowest BCUT2D eigenvalue weighted by Gasteiger charge is -2.38. The van der Waals surface area contributed by atoms with Crippen LogP contribution in [0.5, 0.6) is 17.5 Å². The van der Waals surface area contributed by atoms with E-state index in [4.69, 9.17) is 9.47 Å². The van der Waals surface area contributed by atoms with Crippen molar-refractivity contribution >= 4 is 19.9 Å². The lowest BCUT2D eigenvalue weighted by molar-refractivity contribution is 0.0906. The van der Waals surface area contributed by atoms with Gasteiger partial charge in [0.2, 0.25) is 21.8 Å². The fourth-order valence-corrected chi connectivity index (χ4v) is 9.33. The Kier molecular flexibility index (Phi) is 6.95. The standard InChI is InChI=1S/C25H32FN3O6S2/c1-15(2)13-36(30,31)29-17-4-5-18(29)11-19(10-17)34-24-16(3)25(28-14-27-24)35-23-9-8-21(12-22(23)26)37(32,33)20-6-7-20/h8-9,12,14-15,17-20H,4-7,10-11,13H2,1-3H3/t17-,18?,19+/m0/s1. The lowest BCUT2D eigenvalue weighted by Crippen LogP contribution is -2.50. The number of sulfonamides is 1. The second-order valence-corrected chi connectivity index (χ2v) is 14.8. The number of benzene rings is 1. The van der Waals surface area contributed by atoms with Crippen LogP contribution in [-0.4, -0.2) is 60.3 Å². The van der Waals surface area contributed by atoms with Crippen LogP contribution in [0.15, 0.2) is 29.4 Å². The van der Waals surface area contributed by atoms with E-state index in [1.54, 1.807) is 11.2 Å². The summed E-state index contributed by atoms with van der Waals surface area (Å²) in [6, 6.07) is 3.43. The SMILES string of the molecule is Cc1c(Oc2ccc(S(=O)(=O)C3CC3)cc2F)ncnc1O[C@H]1CC2CC[C@@H](C1)N2S(=O)(=O)CC(C)C. The van der Waals surface area contributed by atoms with Crippen molar-refractivity contribution in [2.75, 3.05) is 5.75 Å². The molecule has 3 fully saturated rings. The molecule has 0 amide bonds. The smallest absolute Gasteiger partial charge is 0.229 e. The van der Waals surface area contributed by atoms with E-state index in [0.717, 1.165) is 18.9 Å². The van der Waals surface area contributed by atoms with E-state index in [0.29, 0.717) is 37.1 Å². The molecule has 3 aliphatic rings. The summed E-state index contributed by atoms with van der Waals surface area (Å²) in [5, 5.41) is -0.431. The minimum absolute atomic E-state index is 0.0559. The monoisotopic (exact) mass is 553 g/mol. The maximum atomic E-state index is 14.7. The molecule has 3 atom stereocenters. The van der Waals surface area contributed by atoms with Crippen LogP contribution in [0.3, 0.4) is 0 Å². The number of aromatic nitrogens is 2. The summed E-state index contributed by atoms with van der Waals surface area (Å²) in [7, 11) is -6.84. The molecule has 1 aromatic heterocycles. The van der Waals surface area contributed by atoms with Crippen LogP contribution < -0.4 is 9.47 Å². The highest BCUT2D eigenvalue weighted by atomic mass is 32.2. The summed E-state index contributed by atoms with van der Waals surface area (Å²) >= 11 is 0. The first-order valence-electron chi connectivity index (χ1n) is 12.7. The normalized spacial score (nSPS) is 24.4.